The van der Waals surface area contributed by atoms with Crippen LogP contribution in [0.4, 0.5) is 0 Å². The molecule has 0 saturated carbocycles. The molecule has 0 aliphatic rings. The number of thiophene rings is 1. The lowest BCUT2D eigenvalue weighted by Crippen LogP contribution is -1.68. The van der Waals surface area contributed by atoms with Gasteiger partial charge in [0.1, 0.15) is 51.2 Å². The van der Waals surface area contributed by atoms with E-state index in [1.54, 1.807) is 131 Å². The van der Waals surface area contributed by atoms with E-state index >= 15 is 0 Å². The molecule has 96 heavy (non-hydrogen) atoms. The molecule has 0 unspecified atom stereocenters. The van der Waals surface area contributed by atoms with Crippen LogP contribution in [-0.2, 0) is 0 Å². The van der Waals surface area contributed by atoms with E-state index in [4.69, 9.17) is 8.83 Å². The number of hydrogen-bond acceptors (Lipinski definition) is 31. The van der Waals surface area contributed by atoms with Gasteiger partial charge in [-0.3, -0.25) is 25.1 Å². The van der Waals surface area contributed by atoms with Gasteiger partial charge in [0.2, 0.25) is 12.3 Å². The summed E-state index contributed by atoms with van der Waals surface area (Å²) >= 11 is 11.1. The number of oxazole rings is 1. The first-order valence-corrected chi connectivity index (χ1v) is 34.0. The highest BCUT2D eigenvalue weighted by atomic mass is 32.1. The first-order valence-electron chi connectivity index (χ1n) is 28.0. The summed E-state index contributed by atoms with van der Waals surface area (Å²) in [5.41, 5.74) is 11.7. The Labute approximate surface area is 585 Å². The second-order valence-corrected chi connectivity index (χ2v) is 24.9. The lowest BCUT2D eigenvalue weighted by molar-refractivity contribution is 0.304. The zero-order valence-electron chi connectivity index (χ0n) is 56.1. The number of hydrogen-bond donors (Lipinski definition) is 5. The van der Waals surface area contributed by atoms with Gasteiger partial charge in [0, 0.05) is 86.1 Å². The van der Waals surface area contributed by atoms with Crippen molar-refractivity contribution in [2.24, 2.45) is 0 Å². The zero-order chi connectivity index (χ0) is 70.5. The van der Waals surface area contributed by atoms with E-state index < -0.39 is 0 Å². The van der Waals surface area contributed by atoms with Crippen LogP contribution < -0.4 is 0 Å². The highest BCUT2D eigenvalue weighted by Crippen LogP contribution is 2.04. The largest absolute Gasteiger partial charge is 0.470 e. The van der Waals surface area contributed by atoms with Crippen molar-refractivity contribution in [2.45, 2.75) is 111 Å². The number of thiazole rings is 3. The Kier molecular flexibility index (Phi) is 50.5. The summed E-state index contributed by atoms with van der Waals surface area (Å²) in [4.78, 5) is 36.4. The van der Waals surface area contributed by atoms with Gasteiger partial charge < -0.3 is 23.2 Å². The van der Waals surface area contributed by atoms with Crippen molar-refractivity contribution in [3.05, 3.63) is 256 Å². The van der Waals surface area contributed by atoms with Gasteiger partial charge in [0.25, 0.3) is 0 Å². The van der Waals surface area contributed by atoms with Gasteiger partial charge in [0.15, 0.2) is 6.39 Å². The Morgan fingerprint density at radius 1 is 0.469 bits per heavy atom. The molecule has 0 fully saturated rings. The second kappa shape index (κ2) is 57.7. The average Bonchev–Trinajstić information content (AvgIpc) is 4.35. The Hall–Kier alpha value is -9.98. The van der Waals surface area contributed by atoms with E-state index in [2.05, 4.69) is 159 Å². The number of imidazole rings is 1. The van der Waals surface area contributed by atoms with Gasteiger partial charge >= 0.3 is 0 Å². The quantitative estimate of drug-likeness (QED) is 0.0941. The Balaban J connectivity index is 0.000000512. The Morgan fingerprint density at radius 3 is 1.47 bits per heavy atom. The molecule has 0 aliphatic heterocycles. The van der Waals surface area contributed by atoms with Crippen LogP contribution in [0.2, 0.25) is 0 Å². The van der Waals surface area contributed by atoms with E-state index in [9.17, 15) is 0 Å². The van der Waals surface area contributed by atoms with Gasteiger partial charge in [-0.15, -0.1) is 82.2 Å². The summed E-state index contributed by atoms with van der Waals surface area (Å²) in [6.07, 6.45) is 24.8. The number of nitrogens with one attached hydrogen (secondary N) is 5. The molecular weight excluding hydrogens is 1360 g/mol. The van der Waals surface area contributed by atoms with Crippen molar-refractivity contribution in [2.75, 3.05) is 0 Å². The Bertz CT molecular complexity index is 2820. The highest BCUT2D eigenvalue weighted by Gasteiger charge is 1.85. The highest BCUT2D eigenvalue weighted by molar-refractivity contribution is 7.10. The zero-order valence-corrected chi connectivity index (χ0v) is 61.8. The SMILES string of the molecule is Cc1ccc[nH]1.Cc1ccco1.Cc1cccs1.Cc1ccn[nH]1.Cc1cn[nH]n1.Cc1cnc[nH]1.Cc1cnco1.Cc1cncs1.Cc1cnns1.Cc1cnon1.Cc1cscn1.Cc1nccs1.Cc1ncn[nH]1.Cc1ncns1.Cc1nnco1.Cc1nncs1. The number of H-pyrrole nitrogens is 5. The first-order chi connectivity index (χ1) is 46.3. The summed E-state index contributed by atoms with van der Waals surface area (Å²) in [5.74, 6) is 3.29. The minimum atomic E-state index is 0.606. The lowest BCUT2D eigenvalue weighted by atomic mass is 10.5. The van der Waals surface area contributed by atoms with Crippen LogP contribution in [0.3, 0.4) is 0 Å². The number of rotatable bonds is 0. The third-order valence-corrected chi connectivity index (χ3v) is 13.7. The first kappa shape index (κ1) is 84.0. The van der Waals surface area contributed by atoms with Crippen molar-refractivity contribution in [1.29, 1.82) is 0 Å². The van der Waals surface area contributed by atoms with E-state index in [1.165, 1.54) is 57.6 Å². The van der Waals surface area contributed by atoms with E-state index in [0.717, 1.165) is 65.7 Å². The molecule has 5 N–H and O–H groups in total. The smallest absolute Gasteiger partial charge is 0.213 e. The molecule has 16 aromatic rings. The lowest BCUT2D eigenvalue weighted by Gasteiger charge is -1.70. The minimum absolute atomic E-state index is 0.606. The molecule has 16 rings (SSSR count). The van der Waals surface area contributed by atoms with Gasteiger partial charge in [-0.1, -0.05) is 20.9 Å². The van der Waals surface area contributed by atoms with Crippen LogP contribution >= 0.6 is 79.7 Å². The summed E-state index contributed by atoms with van der Waals surface area (Å²) < 4.78 is 25.7. The molecule has 0 spiro atoms. The maximum atomic E-state index is 4.83. The molecule has 16 aromatic heterocycles. The average molecular weight is 1440 g/mol. The molecule has 0 bridgehead atoms. The molecule has 0 amide bonds. The van der Waals surface area contributed by atoms with Gasteiger partial charge in [-0.05, 0) is 169 Å². The van der Waals surface area contributed by atoms with Crippen molar-refractivity contribution >= 4 is 79.7 Å². The normalized spacial score (nSPS) is 8.83. The molecule has 0 saturated heterocycles. The number of aryl methyl sites for hydroxylation is 16. The molecule has 36 heteroatoms. The third-order valence-electron chi connectivity index (χ3n) is 9.00. The summed E-state index contributed by atoms with van der Waals surface area (Å²) in [6.45, 7) is 31.0. The van der Waals surface area contributed by atoms with Crippen molar-refractivity contribution in [3.8, 4) is 0 Å². The second-order valence-electron chi connectivity index (χ2n) is 17.8. The molecular formula is C60H81N25O4S7. The van der Waals surface area contributed by atoms with Crippen molar-refractivity contribution < 1.29 is 17.9 Å². The minimum Gasteiger partial charge on any atom is -0.470 e. The Morgan fingerprint density at radius 2 is 1.30 bits per heavy atom. The standard InChI is InChI=1S/C5H7N.C5H6O.C5H6S.2C4H6N2.C4H5NO.3C4H5NS.2C3H5N3.2C3H4N2O.3C3H4N2S/c3*1-5-3-2-4-6-5;1-4-2-5-3-6-4;1-4-2-3-5-6-4;1-4-2-5-3-6-4;1-4-2-6-3-5-4;1-4-2-5-3-6-4;1-4-5-2-3-6-4;1-3-4-2-5-6-3;1-3-2-4-6-5-3;1-3-5-4-2-6-3;1-3-2-4-6-5-3;1-3-5-4-2-6-3;1-3-4-2-5-6-3;1-3-2-4-5-6-3/h2-4,6H,1H3;2*2-4H,1H3;2*2-3H,1H3,(H,5,6);4*2-3H,1H3;2*2H,1H3,(H,4,5,6);5*2H,1H3. The summed E-state index contributed by atoms with van der Waals surface area (Å²) in [6, 6.07) is 13.9. The number of nitrogens with zero attached hydrogens (tertiary/aromatic N) is 20. The number of aromatic nitrogens is 25. The van der Waals surface area contributed by atoms with Crippen LogP contribution in [0.1, 0.15) is 87.1 Å². The van der Waals surface area contributed by atoms with Crippen LogP contribution in [0, 0.1) is 111 Å². The summed E-state index contributed by atoms with van der Waals surface area (Å²) in [7, 11) is 0. The maximum Gasteiger partial charge on any atom is 0.213 e. The molecule has 0 radical (unpaired) electrons. The fourth-order valence-corrected chi connectivity index (χ4v) is 7.48. The summed E-state index contributed by atoms with van der Waals surface area (Å²) in [5, 5.41) is 56.1. The third kappa shape index (κ3) is 55.6. The molecule has 16 heterocycles. The van der Waals surface area contributed by atoms with Crippen molar-refractivity contribution in [1.82, 2.24) is 125 Å². The van der Waals surface area contributed by atoms with Crippen LogP contribution in [0.15, 0.2) is 187 Å². The van der Waals surface area contributed by atoms with Crippen LogP contribution in [0.25, 0.3) is 0 Å². The topological polar surface area (TPSA) is 389 Å². The van der Waals surface area contributed by atoms with E-state index in [1.807, 2.05) is 161 Å². The van der Waals surface area contributed by atoms with E-state index in [-0.39, 0.29) is 0 Å². The van der Waals surface area contributed by atoms with Gasteiger partial charge in [-0.25, -0.2) is 24.6 Å². The van der Waals surface area contributed by atoms with Crippen LogP contribution in [-0.4, -0.2) is 125 Å². The van der Waals surface area contributed by atoms with E-state index in [0.29, 0.717) is 5.89 Å². The fraction of sp³-hybridized carbons (Fsp3) is 0.267. The molecule has 0 aliphatic carbocycles. The maximum absolute atomic E-state index is 4.83. The number of aromatic amines is 5. The molecule has 0 atom stereocenters. The van der Waals surface area contributed by atoms with Gasteiger partial charge in [0.05, 0.1) is 59.1 Å². The molecule has 512 valence electrons. The predicted molar refractivity (Wildman–Crippen MR) is 381 cm³/mol. The monoisotopic (exact) mass is 1440 g/mol. The predicted octanol–water partition coefficient (Wildman–Crippen LogP) is 15.3. The molecule has 29 nitrogen and oxygen atoms in total. The van der Waals surface area contributed by atoms with Crippen molar-refractivity contribution in [3.63, 3.8) is 0 Å². The number of furan rings is 1. The fourth-order valence-electron chi connectivity index (χ4n) is 4.56. The van der Waals surface area contributed by atoms with Crippen LogP contribution in [0.5, 0.6) is 0 Å². The molecule has 0 aromatic carbocycles. The van der Waals surface area contributed by atoms with Gasteiger partial charge in [-0.2, -0.15) is 30.0 Å².